The van der Waals surface area contributed by atoms with Crippen molar-refractivity contribution in [2.75, 3.05) is 0 Å². The van der Waals surface area contributed by atoms with E-state index in [4.69, 9.17) is 4.42 Å². The summed E-state index contributed by atoms with van der Waals surface area (Å²) in [6.07, 6.45) is 0. The summed E-state index contributed by atoms with van der Waals surface area (Å²) in [5.74, 6) is -3.18. The molecule has 1 heterocycles. The van der Waals surface area contributed by atoms with Gasteiger partial charge in [0.25, 0.3) is 5.92 Å². The third kappa shape index (κ3) is 1.75. The average molecular weight is 210 g/mol. The first-order valence-corrected chi connectivity index (χ1v) is 4.40. The summed E-state index contributed by atoms with van der Waals surface area (Å²) in [7, 11) is 0. The molecule has 1 aromatic carbocycles. The van der Waals surface area contributed by atoms with Gasteiger partial charge in [0.15, 0.2) is 0 Å². The molecule has 0 spiro atoms. The molecule has 0 unspecified atom stereocenters. The lowest BCUT2D eigenvalue weighted by Gasteiger charge is -2.08. The van der Waals surface area contributed by atoms with E-state index in [0.29, 0.717) is 17.9 Å². The minimum atomic E-state index is -3.18. The second-order valence-corrected chi connectivity index (χ2v) is 3.37. The molecular formula is C11H8F2O2. The molecule has 0 bridgehead atoms. The highest BCUT2D eigenvalue weighted by Gasteiger charge is 2.29. The molecular weight excluding hydrogens is 202 g/mol. The minimum Gasteiger partial charge on any atom is -0.422 e. The Labute approximate surface area is 84.1 Å². The zero-order valence-corrected chi connectivity index (χ0v) is 7.96. The Bertz CT molecular complexity index is 552. The molecule has 0 radical (unpaired) electrons. The standard InChI is InChI=1S/C11H8F2O2/c1-11(12,13)8-6-7-4-2-3-5-9(7)15-10(8)14/h2-6H,1H3. The van der Waals surface area contributed by atoms with E-state index in [1.807, 2.05) is 0 Å². The molecule has 0 aliphatic carbocycles. The monoisotopic (exact) mass is 210 g/mol. The Morgan fingerprint density at radius 3 is 2.60 bits per heavy atom. The Hall–Kier alpha value is -1.71. The van der Waals surface area contributed by atoms with E-state index >= 15 is 0 Å². The van der Waals surface area contributed by atoms with Gasteiger partial charge in [0, 0.05) is 12.3 Å². The highest BCUT2D eigenvalue weighted by atomic mass is 19.3. The fraction of sp³-hybridized carbons (Fsp3) is 0.182. The van der Waals surface area contributed by atoms with Gasteiger partial charge in [0.2, 0.25) is 0 Å². The fourth-order valence-corrected chi connectivity index (χ4v) is 1.37. The minimum absolute atomic E-state index is 0.315. The fourth-order valence-electron chi connectivity index (χ4n) is 1.37. The molecule has 0 saturated carbocycles. The SMILES string of the molecule is CC(F)(F)c1cc2ccccc2oc1=O. The summed E-state index contributed by atoms with van der Waals surface area (Å²) >= 11 is 0. The topological polar surface area (TPSA) is 30.2 Å². The number of benzene rings is 1. The van der Waals surface area contributed by atoms with Gasteiger partial charge in [0.1, 0.15) is 11.1 Å². The van der Waals surface area contributed by atoms with Crippen molar-refractivity contribution in [2.24, 2.45) is 0 Å². The van der Waals surface area contributed by atoms with Crippen molar-refractivity contribution >= 4 is 11.0 Å². The van der Waals surface area contributed by atoms with Crippen LogP contribution in [-0.4, -0.2) is 0 Å². The van der Waals surface area contributed by atoms with Crippen LogP contribution in [0.1, 0.15) is 12.5 Å². The van der Waals surface area contributed by atoms with Gasteiger partial charge in [-0.25, -0.2) is 13.6 Å². The summed E-state index contributed by atoms with van der Waals surface area (Å²) in [6.45, 7) is 0.675. The first-order valence-electron chi connectivity index (χ1n) is 4.40. The van der Waals surface area contributed by atoms with E-state index in [9.17, 15) is 13.6 Å². The van der Waals surface area contributed by atoms with E-state index in [1.165, 1.54) is 6.07 Å². The van der Waals surface area contributed by atoms with Crippen LogP contribution in [0, 0.1) is 0 Å². The number of hydrogen-bond donors (Lipinski definition) is 0. The lowest BCUT2D eigenvalue weighted by atomic mass is 10.1. The van der Waals surface area contributed by atoms with Crippen LogP contribution in [0.5, 0.6) is 0 Å². The van der Waals surface area contributed by atoms with Gasteiger partial charge in [-0.15, -0.1) is 0 Å². The van der Waals surface area contributed by atoms with Gasteiger partial charge in [-0.2, -0.15) is 0 Å². The highest BCUT2D eigenvalue weighted by Crippen LogP contribution is 2.26. The molecule has 0 saturated heterocycles. The van der Waals surface area contributed by atoms with Crippen molar-refractivity contribution in [3.05, 3.63) is 46.3 Å². The zero-order chi connectivity index (χ0) is 11.1. The molecule has 0 aliphatic heterocycles. The molecule has 0 aliphatic rings. The molecule has 1 aromatic heterocycles. The van der Waals surface area contributed by atoms with Gasteiger partial charge in [-0.3, -0.25) is 0 Å². The van der Waals surface area contributed by atoms with Crippen LogP contribution in [0.15, 0.2) is 39.5 Å². The van der Waals surface area contributed by atoms with Crippen LogP contribution in [-0.2, 0) is 5.92 Å². The van der Waals surface area contributed by atoms with Gasteiger partial charge in [-0.05, 0) is 12.1 Å². The molecule has 0 amide bonds. The van der Waals surface area contributed by atoms with Crippen LogP contribution in [0.2, 0.25) is 0 Å². The summed E-state index contributed by atoms with van der Waals surface area (Å²) in [4.78, 5) is 11.2. The second-order valence-electron chi connectivity index (χ2n) is 3.37. The molecule has 15 heavy (non-hydrogen) atoms. The summed E-state index contributed by atoms with van der Waals surface area (Å²) in [6, 6.07) is 7.72. The van der Waals surface area contributed by atoms with Crippen LogP contribution in [0.3, 0.4) is 0 Å². The van der Waals surface area contributed by atoms with Crippen molar-refractivity contribution < 1.29 is 13.2 Å². The number of alkyl halides is 2. The van der Waals surface area contributed by atoms with E-state index in [0.717, 1.165) is 0 Å². The van der Waals surface area contributed by atoms with Crippen molar-refractivity contribution in [3.8, 4) is 0 Å². The predicted molar refractivity (Wildman–Crippen MR) is 52.1 cm³/mol. The van der Waals surface area contributed by atoms with Crippen LogP contribution < -0.4 is 5.63 Å². The van der Waals surface area contributed by atoms with E-state index in [1.54, 1.807) is 24.3 Å². The summed E-state index contributed by atoms with van der Waals surface area (Å²) in [5, 5.41) is 0.494. The molecule has 0 fully saturated rings. The smallest absolute Gasteiger partial charge is 0.345 e. The van der Waals surface area contributed by atoms with Crippen molar-refractivity contribution in [2.45, 2.75) is 12.8 Å². The van der Waals surface area contributed by atoms with E-state index < -0.39 is 17.1 Å². The second kappa shape index (κ2) is 3.15. The third-order valence-electron chi connectivity index (χ3n) is 2.11. The zero-order valence-electron chi connectivity index (χ0n) is 7.96. The first-order chi connectivity index (χ1) is 6.98. The van der Waals surface area contributed by atoms with E-state index in [-0.39, 0.29) is 0 Å². The molecule has 2 aromatic rings. The maximum absolute atomic E-state index is 13.0. The number of para-hydroxylation sites is 1. The molecule has 0 atom stereocenters. The Morgan fingerprint density at radius 1 is 1.27 bits per heavy atom. The summed E-state index contributed by atoms with van der Waals surface area (Å²) in [5.41, 5.74) is -1.28. The Balaban J connectivity index is 2.79. The molecule has 78 valence electrons. The number of halogens is 2. The van der Waals surface area contributed by atoms with Crippen molar-refractivity contribution in [1.82, 2.24) is 0 Å². The third-order valence-corrected chi connectivity index (χ3v) is 2.11. The highest BCUT2D eigenvalue weighted by molar-refractivity contribution is 5.76. The van der Waals surface area contributed by atoms with E-state index in [2.05, 4.69) is 0 Å². The van der Waals surface area contributed by atoms with Gasteiger partial charge in [-0.1, -0.05) is 18.2 Å². The lowest BCUT2D eigenvalue weighted by molar-refractivity contribution is 0.0143. The van der Waals surface area contributed by atoms with Gasteiger partial charge >= 0.3 is 5.63 Å². The molecule has 2 rings (SSSR count). The van der Waals surface area contributed by atoms with Crippen LogP contribution in [0.25, 0.3) is 11.0 Å². The van der Waals surface area contributed by atoms with Crippen molar-refractivity contribution in [1.29, 1.82) is 0 Å². The summed E-state index contributed by atoms with van der Waals surface area (Å²) < 4.78 is 30.8. The molecule has 4 heteroatoms. The van der Waals surface area contributed by atoms with Crippen molar-refractivity contribution in [3.63, 3.8) is 0 Å². The molecule has 2 nitrogen and oxygen atoms in total. The first kappa shape index (κ1) is 9.83. The maximum Gasteiger partial charge on any atom is 0.345 e. The maximum atomic E-state index is 13.0. The molecule has 0 N–H and O–H groups in total. The Kier molecular flexibility index (Phi) is 2.07. The van der Waals surface area contributed by atoms with Gasteiger partial charge in [0.05, 0.1) is 0 Å². The largest absolute Gasteiger partial charge is 0.422 e. The van der Waals surface area contributed by atoms with Crippen LogP contribution >= 0.6 is 0 Å². The quantitative estimate of drug-likeness (QED) is 0.677. The number of hydrogen-bond acceptors (Lipinski definition) is 2. The lowest BCUT2D eigenvalue weighted by Crippen LogP contribution is -2.19. The number of rotatable bonds is 1. The predicted octanol–water partition coefficient (Wildman–Crippen LogP) is 2.90. The van der Waals surface area contributed by atoms with Crippen LogP contribution in [0.4, 0.5) is 8.78 Å². The number of fused-ring (bicyclic) bond motifs is 1. The normalized spacial score (nSPS) is 11.9. The van der Waals surface area contributed by atoms with Gasteiger partial charge < -0.3 is 4.42 Å². The average Bonchev–Trinajstić information content (AvgIpc) is 2.15. The Morgan fingerprint density at radius 2 is 1.93 bits per heavy atom.